The fraction of sp³-hybridized carbons (Fsp3) is 0.467. The highest BCUT2D eigenvalue weighted by molar-refractivity contribution is 6.34. The van der Waals surface area contributed by atoms with Gasteiger partial charge in [0.25, 0.3) is 0 Å². The van der Waals surface area contributed by atoms with E-state index in [1.54, 1.807) is 12.4 Å². The van der Waals surface area contributed by atoms with Crippen LogP contribution in [0.5, 0.6) is 0 Å². The molecule has 0 aliphatic rings. The first-order valence-electron chi connectivity index (χ1n) is 6.99. The van der Waals surface area contributed by atoms with Gasteiger partial charge >= 0.3 is 0 Å². The fourth-order valence-electron chi connectivity index (χ4n) is 2.29. The molecule has 1 aromatic heterocycles. The van der Waals surface area contributed by atoms with Crippen LogP contribution in [0.1, 0.15) is 31.3 Å². The Morgan fingerprint density at radius 1 is 1.19 bits per heavy atom. The van der Waals surface area contributed by atoms with E-state index in [9.17, 15) is 0 Å². The van der Waals surface area contributed by atoms with Gasteiger partial charge in [0.1, 0.15) is 12.2 Å². The third-order valence-electron chi connectivity index (χ3n) is 3.26. The molecule has 0 radical (unpaired) electrons. The maximum atomic E-state index is 6.09. The van der Waals surface area contributed by atoms with Crippen molar-refractivity contribution in [1.29, 1.82) is 0 Å². The Bertz CT molecular complexity index is 575. The quantitative estimate of drug-likeness (QED) is 0.879. The number of aromatic nitrogens is 3. The predicted molar refractivity (Wildman–Crippen MR) is 86.8 cm³/mol. The van der Waals surface area contributed by atoms with Crippen molar-refractivity contribution in [2.45, 2.75) is 32.9 Å². The summed E-state index contributed by atoms with van der Waals surface area (Å²) in [6, 6.07) is 5.69. The lowest BCUT2D eigenvalue weighted by atomic mass is 10.0. The average Bonchev–Trinajstić information content (AvgIpc) is 2.81. The van der Waals surface area contributed by atoms with Crippen molar-refractivity contribution in [3.05, 3.63) is 46.0 Å². The van der Waals surface area contributed by atoms with Crippen molar-refractivity contribution in [3.8, 4) is 0 Å². The van der Waals surface area contributed by atoms with Crippen LogP contribution in [0.25, 0.3) is 0 Å². The first-order valence-corrected chi connectivity index (χ1v) is 7.75. The van der Waals surface area contributed by atoms with Crippen molar-refractivity contribution in [3.63, 3.8) is 0 Å². The van der Waals surface area contributed by atoms with Crippen molar-refractivity contribution >= 4 is 23.2 Å². The van der Waals surface area contributed by atoms with Gasteiger partial charge in [0, 0.05) is 29.1 Å². The zero-order chi connectivity index (χ0) is 15.4. The molecular weight excluding hydrogens is 307 g/mol. The van der Waals surface area contributed by atoms with Crippen LogP contribution < -0.4 is 5.32 Å². The predicted octanol–water partition coefficient (Wildman–Crippen LogP) is 3.74. The van der Waals surface area contributed by atoms with Gasteiger partial charge in [-0.3, -0.25) is 0 Å². The first-order chi connectivity index (χ1) is 9.99. The van der Waals surface area contributed by atoms with E-state index >= 15 is 0 Å². The third-order valence-corrected chi connectivity index (χ3v) is 3.69. The Kier molecular flexibility index (Phi) is 5.62. The highest BCUT2D eigenvalue weighted by atomic mass is 35.5. The van der Waals surface area contributed by atoms with Crippen molar-refractivity contribution in [2.75, 3.05) is 7.05 Å². The van der Waals surface area contributed by atoms with Gasteiger partial charge in [-0.15, -0.1) is 0 Å². The van der Waals surface area contributed by atoms with Crippen LogP contribution >= 0.6 is 23.2 Å². The summed E-state index contributed by atoms with van der Waals surface area (Å²) in [5.41, 5.74) is 1.05. The summed E-state index contributed by atoms with van der Waals surface area (Å²) < 4.78 is 1.96. The number of nitrogens with zero attached hydrogens (tertiary/aromatic N) is 3. The van der Waals surface area contributed by atoms with Crippen LogP contribution in [0, 0.1) is 5.92 Å². The Labute approximate surface area is 135 Å². The Morgan fingerprint density at radius 2 is 1.86 bits per heavy atom. The zero-order valence-electron chi connectivity index (χ0n) is 12.5. The monoisotopic (exact) mass is 326 g/mol. The second-order valence-electron chi connectivity index (χ2n) is 5.50. The van der Waals surface area contributed by atoms with Crippen LogP contribution in [0.3, 0.4) is 0 Å². The molecule has 1 N–H and O–H groups in total. The van der Waals surface area contributed by atoms with Crippen LogP contribution in [-0.2, 0) is 13.0 Å². The summed E-state index contributed by atoms with van der Waals surface area (Å²) in [6.07, 6.45) is 2.34. The zero-order valence-corrected chi connectivity index (χ0v) is 14.0. The molecule has 21 heavy (non-hydrogen) atoms. The van der Waals surface area contributed by atoms with Gasteiger partial charge in [0.05, 0.1) is 0 Å². The number of nitrogens with one attached hydrogen (secondary N) is 1. The SMILES string of the molecule is CNC(Cc1ncnn1CC(C)C)c1cc(Cl)cc(Cl)c1. The van der Waals surface area contributed by atoms with E-state index in [1.807, 2.05) is 23.9 Å². The lowest BCUT2D eigenvalue weighted by Crippen LogP contribution is -2.22. The minimum atomic E-state index is 0.0938. The summed E-state index contributed by atoms with van der Waals surface area (Å²) in [6.45, 7) is 5.19. The molecule has 1 heterocycles. The molecule has 0 spiro atoms. The van der Waals surface area contributed by atoms with Gasteiger partial charge in [0.15, 0.2) is 0 Å². The van der Waals surface area contributed by atoms with Crippen molar-refractivity contribution < 1.29 is 0 Å². The molecule has 6 heteroatoms. The topological polar surface area (TPSA) is 42.7 Å². The molecule has 4 nitrogen and oxygen atoms in total. The minimum Gasteiger partial charge on any atom is -0.313 e. The van der Waals surface area contributed by atoms with Gasteiger partial charge in [-0.2, -0.15) is 5.10 Å². The normalized spacial score (nSPS) is 12.9. The van der Waals surface area contributed by atoms with E-state index < -0.39 is 0 Å². The Balaban J connectivity index is 2.21. The molecular formula is C15H20Cl2N4. The van der Waals surface area contributed by atoms with Gasteiger partial charge < -0.3 is 5.32 Å². The highest BCUT2D eigenvalue weighted by Crippen LogP contribution is 2.25. The third kappa shape index (κ3) is 4.43. The summed E-state index contributed by atoms with van der Waals surface area (Å²) in [7, 11) is 1.92. The molecule has 0 saturated carbocycles. The van der Waals surface area contributed by atoms with E-state index in [0.29, 0.717) is 16.0 Å². The maximum Gasteiger partial charge on any atom is 0.138 e. The summed E-state index contributed by atoms with van der Waals surface area (Å²) in [5.74, 6) is 1.48. The van der Waals surface area contributed by atoms with Gasteiger partial charge in [-0.05, 0) is 36.7 Å². The second-order valence-corrected chi connectivity index (χ2v) is 6.37. The van der Waals surface area contributed by atoms with Gasteiger partial charge in [-0.1, -0.05) is 37.0 Å². The molecule has 114 valence electrons. The molecule has 0 amide bonds. The standard InChI is InChI=1S/C15H20Cl2N4/c1-10(2)8-21-15(19-9-20-21)7-14(18-3)11-4-12(16)6-13(17)5-11/h4-6,9-10,14,18H,7-8H2,1-3H3. The van der Waals surface area contributed by atoms with Crippen LogP contribution in [0.4, 0.5) is 0 Å². The molecule has 2 rings (SSSR count). The van der Waals surface area contributed by atoms with Crippen LogP contribution in [-0.4, -0.2) is 21.8 Å². The second kappa shape index (κ2) is 7.25. The van der Waals surface area contributed by atoms with E-state index in [0.717, 1.165) is 24.4 Å². The molecule has 0 bridgehead atoms. The summed E-state index contributed by atoms with van der Waals surface area (Å²) in [4.78, 5) is 4.37. The number of halogens is 2. The van der Waals surface area contributed by atoms with Crippen LogP contribution in [0.2, 0.25) is 10.0 Å². The van der Waals surface area contributed by atoms with Crippen LogP contribution in [0.15, 0.2) is 24.5 Å². The van der Waals surface area contributed by atoms with Gasteiger partial charge in [0.2, 0.25) is 0 Å². The average molecular weight is 327 g/mol. The lowest BCUT2D eigenvalue weighted by Gasteiger charge is -2.18. The Morgan fingerprint density at radius 3 is 2.43 bits per heavy atom. The molecule has 1 unspecified atom stereocenters. The number of hydrogen-bond acceptors (Lipinski definition) is 3. The smallest absolute Gasteiger partial charge is 0.138 e. The highest BCUT2D eigenvalue weighted by Gasteiger charge is 2.16. The number of likely N-dealkylation sites (N-methyl/N-ethyl adjacent to an activating group) is 1. The molecule has 0 aliphatic carbocycles. The molecule has 1 atom stereocenters. The number of hydrogen-bond donors (Lipinski definition) is 1. The molecule has 2 aromatic rings. The molecule has 0 aliphatic heterocycles. The first kappa shape index (κ1) is 16.3. The van der Waals surface area contributed by atoms with Crippen molar-refractivity contribution in [1.82, 2.24) is 20.1 Å². The lowest BCUT2D eigenvalue weighted by molar-refractivity contribution is 0.451. The largest absolute Gasteiger partial charge is 0.313 e. The van der Waals surface area contributed by atoms with Crippen molar-refractivity contribution in [2.24, 2.45) is 5.92 Å². The minimum absolute atomic E-state index is 0.0938. The summed E-state index contributed by atoms with van der Waals surface area (Å²) >= 11 is 12.2. The molecule has 0 saturated heterocycles. The van der Waals surface area contributed by atoms with E-state index in [2.05, 4.69) is 29.2 Å². The van der Waals surface area contributed by atoms with E-state index in [-0.39, 0.29) is 6.04 Å². The number of rotatable bonds is 6. The molecule has 1 aromatic carbocycles. The van der Waals surface area contributed by atoms with E-state index in [1.165, 1.54) is 0 Å². The maximum absolute atomic E-state index is 6.09. The fourth-order valence-corrected chi connectivity index (χ4v) is 2.83. The molecule has 0 fully saturated rings. The van der Waals surface area contributed by atoms with E-state index in [4.69, 9.17) is 23.2 Å². The number of benzene rings is 1. The Hall–Kier alpha value is -1.10. The van der Waals surface area contributed by atoms with Gasteiger partial charge in [-0.25, -0.2) is 9.67 Å². The summed E-state index contributed by atoms with van der Waals surface area (Å²) in [5, 5.41) is 8.87.